The number of carbonyl (C=O) groups is 1. The van der Waals surface area contributed by atoms with E-state index in [2.05, 4.69) is 35.6 Å². The van der Waals surface area contributed by atoms with Gasteiger partial charge < -0.3 is 9.84 Å². The molecule has 0 saturated carbocycles. The van der Waals surface area contributed by atoms with Gasteiger partial charge in [-0.05, 0) is 32.9 Å². The van der Waals surface area contributed by atoms with Crippen LogP contribution in [0.1, 0.15) is 34.4 Å². The van der Waals surface area contributed by atoms with Crippen molar-refractivity contribution in [3.05, 3.63) is 53.3 Å². The monoisotopic (exact) mass is 624 g/mol. The first kappa shape index (κ1) is 29.8. The highest BCUT2D eigenvalue weighted by molar-refractivity contribution is 7.91. The predicted octanol–water partition coefficient (Wildman–Crippen LogP) is 3.77. The molecule has 17 heteroatoms. The molecule has 1 aromatic carbocycles. The molecule has 1 atom stereocenters. The Labute approximate surface area is 243 Å². The molecule has 1 saturated heterocycles. The molecule has 0 radical (unpaired) electrons. The minimum Gasteiger partial charge on any atom is -0.366 e. The van der Waals surface area contributed by atoms with Crippen LogP contribution in [-0.2, 0) is 16.2 Å². The summed E-state index contributed by atoms with van der Waals surface area (Å²) < 4.78 is 73.4. The Morgan fingerprint density at radius 2 is 1.90 bits per heavy atom. The molecule has 12 nitrogen and oxygen atoms in total. The smallest absolute Gasteiger partial charge is 0.366 e. The highest BCUT2D eigenvalue weighted by atomic mass is 32.2. The average molecular weight is 625 g/mol. The molecule has 3 aromatic heterocycles. The zero-order chi connectivity index (χ0) is 30.2. The van der Waals surface area contributed by atoms with Crippen molar-refractivity contribution in [1.29, 1.82) is 0 Å². The Morgan fingerprint density at radius 1 is 1.17 bits per heavy atom. The summed E-state index contributed by atoms with van der Waals surface area (Å²) in [4.78, 5) is 26.6. The van der Waals surface area contributed by atoms with Gasteiger partial charge in [0, 0.05) is 50.2 Å². The number of amides is 1. The van der Waals surface area contributed by atoms with Crippen LogP contribution >= 0.6 is 11.3 Å². The summed E-state index contributed by atoms with van der Waals surface area (Å²) in [7, 11) is -3.86. The molecule has 1 aliphatic rings. The number of alkyl halides is 3. The van der Waals surface area contributed by atoms with Gasteiger partial charge in [-0.1, -0.05) is 22.6 Å². The fourth-order valence-electron chi connectivity index (χ4n) is 4.68. The van der Waals surface area contributed by atoms with Gasteiger partial charge in [0.15, 0.2) is 15.0 Å². The van der Waals surface area contributed by atoms with Crippen LogP contribution < -0.4 is 10.6 Å². The second-order valence-electron chi connectivity index (χ2n) is 9.84. The quantitative estimate of drug-likeness (QED) is 0.297. The van der Waals surface area contributed by atoms with Crippen LogP contribution in [0.2, 0.25) is 0 Å². The minimum atomic E-state index is -4.54. The van der Waals surface area contributed by atoms with Crippen LogP contribution in [0.4, 0.5) is 24.1 Å². The molecule has 5 rings (SSSR count). The molecule has 4 heterocycles. The molecule has 1 aliphatic heterocycles. The highest BCUT2D eigenvalue weighted by Gasteiger charge is 2.34. The third-order valence-electron chi connectivity index (χ3n) is 6.63. The van der Waals surface area contributed by atoms with Gasteiger partial charge in [-0.25, -0.2) is 23.4 Å². The molecule has 0 bridgehead atoms. The van der Waals surface area contributed by atoms with E-state index in [0.29, 0.717) is 31.2 Å². The van der Waals surface area contributed by atoms with Gasteiger partial charge in [0.2, 0.25) is 0 Å². The van der Waals surface area contributed by atoms with Gasteiger partial charge in [0.1, 0.15) is 17.9 Å². The van der Waals surface area contributed by atoms with E-state index in [1.165, 1.54) is 22.5 Å². The van der Waals surface area contributed by atoms with Crippen LogP contribution in [0.25, 0.3) is 10.9 Å². The standard InChI is InChI=1S/C25H27F3N8O4S2/c1-14(31-21-17-5-4-6-18(25(26,27)28)20(17)29-13-30-21)12-35-7-9-36(10-8-35)42(38,39)23-16(3)32-24(41-23)33-22(37)19-11-15(2)40-34-19/h4-6,11,13-14H,7-10,12H2,1-3H3,(H,29,30,31)(H,32,33,37)/t14-/m0/s1. The van der Waals surface area contributed by atoms with E-state index in [1.807, 2.05) is 6.92 Å². The van der Waals surface area contributed by atoms with Crippen molar-refractivity contribution in [3.8, 4) is 0 Å². The number of fused-ring (bicyclic) bond motifs is 1. The normalized spacial score (nSPS) is 16.0. The number of benzene rings is 1. The number of thiazole rings is 1. The SMILES string of the molecule is Cc1cc(C(=O)Nc2nc(C)c(S(=O)(=O)N3CCN(C[C@H](C)Nc4ncnc5c(C(F)(F)F)cccc45)CC3)s2)no1. The first-order valence-electron chi connectivity index (χ1n) is 12.8. The number of nitrogens with zero attached hydrogens (tertiary/aromatic N) is 6. The molecule has 224 valence electrons. The Morgan fingerprint density at radius 3 is 2.57 bits per heavy atom. The van der Waals surface area contributed by atoms with Crippen LogP contribution in [0.3, 0.4) is 0 Å². The lowest BCUT2D eigenvalue weighted by Crippen LogP contribution is -2.50. The van der Waals surface area contributed by atoms with E-state index in [4.69, 9.17) is 4.52 Å². The maximum atomic E-state index is 13.4. The van der Waals surface area contributed by atoms with Gasteiger partial charge in [0.25, 0.3) is 15.9 Å². The van der Waals surface area contributed by atoms with Crippen molar-refractivity contribution in [2.45, 2.75) is 37.2 Å². The summed E-state index contributed by atoms with van der Waals surface area (Å²) in [6.07, 6.45) is -3.44. The van der Waals surface area contributed by atoms with Crippen molar-refractivity contribution in [2.75, 3.05) is 43.4 Å². The molecule has 2 N–H and O–H groups in total. The number of para-hydroxylation sites is 1. The van der Waals surface area contributed by atoms with Crippen LogP contribution in [0, 0.1) is 13.8 Å². The second kappa shape index (κ2) is 11.5. The second-order valence-corrected chi connectivity index (χ2v) is 13.0. The molecule has 1 fully saturated rings. The predicted molar refractivity (Wildman–Crippen MR) is 149 cm³/mol. The lowest BCUT2D eigenvalue weighted by atomic mass is 10.1. The lowest BCUT2D eigenvalue weighted by molar-refractivity contribution is -0.136. The van der Waals surface area contributed by atoms with Gasteiger partial charge in [0.05, 0.1) is 16.8 Å². The minimum absolute atomic E-state index is 0.0477. The zero-order valence-electron chi connectivity index (χ0n) is 22.8. The first-order valence-corrected chi connectivity index (χ1v) is 15.1. The number of carbonyl (C=O) groups excluding carboxylic acids is 1. The number of nitrogens with one attached hydrogen (secondary N) is 2. The number of aryl methyl sites for hydroxylation is 2. The Bertz CT molecular complexity index is 1720. The van der Waals surface area contributed by atoms with Gasteiger partial charge >= 0.3 is 6.18 Å². The number of aromatic nitrogens is 4. The maximum absolute atomic E-state index is 13.4. The van der Waals surface area contributed by atoms with E-state index < -0.39 is 27.7 Å². The third kappa shape index (κ3) is 6.23. The number of halogens is 3. The average Bonchev–Trinajstić information content (AvgIpc) is 3.53. The number of piperazine rings is 1. The summed E-state index contributed by atoms with van der Waals surface area (Å²) in [6.45, 7) is 6.96. The highest BCUT2D eigenvalue weighted by Crippen LogP contribution is 2.35. The summed E-state index contributed by atoms with van der Waals surface area (Å²) in [5.74, 6) is 0.198. The molecule has 4 aromatic rings. The molecular weight excluding hydrogens is 597 g/mol. The molecule has 1 amide bonds. The number of hydrogen-bond donors (Lipinski definition) is 2. The number of sulfonamides is 1. The van der Waals surface area contributed by atoms with Gasteiger partial charge in [-0.2, -0.15) is 17.5 Å². The van der Waals surface area contributed by atoms with E-state index in [0.717, 1.165) is 23.7 Å². The molecule has 0 aliphatic carbocycles. The summed E-state index contributed by atoms with van der Waals surface area (Å²) in [6, 6.07) is 5.10. The summed E-state index contributed by atoms with van der Waals surface area (Å²) in [5.41, 5.74) is -0.671. The van der Waals surface area contributed by atoms with Crippen LogP contribution in [0.15, 0.2) is 39.3 Å². The molecule has 42 heavy (non-hydrogen) atoms. The van der Waals surface area contributed by atoms with Crippen molar-refractivity contribution in [3.63, 3.8) is 0 Å². The van der Waals surface area contributed by atoms with Crippen LogP contribution in [0.5, 0.6) is 0 Å². The van der Waals surface area contributed by atoms with E-state index in [1.54, 1.807) is 13.8 Å². The summed E-state index contributed by atoms with van der Waals surface area (Å²) >= 11 is 0.869. The topological polar surface area (TPSA) is 146 Å². The van der Waals surface area contributed by atoms with E-state index >= 15 is 0 Å². The van der Waals surface area contributed by atoms with E-state index in [-0.39, 0.29) is 50.8 Å². The Kier molecular flexibility index (Phi) is 8.19. The number of anilines is 2. The van der Waals surface area contributed by atoms with Crippen molar-refractivity contribution in [1.82, 2.24) is 29.3 Å². The molecule has 0 unspecified atom stereocenters. The molecule has 0 spiro atoms. The Balaban J connectivity index is 1.19. The van der Waals surface area contributed by atoms with Crippen molar-refractivity contribution >= 4 is 49.1 Å². The summed E-state index contributed by atoms with van der Waals surface area (Å²) in [5, 5.41) is 9.78. The first-order chi connectivity index (χ1) is 19.8. The van der Waals surface area contributed by atoms with Gasteiger partial charge in [-0.15, -0.1) is 0 Å². The maximum Gasteiger partial charge on any atom is 0.418 e. The van der Waals surface area contributed by atoms with E-state index in [9.17, 15) is 26.4 Å². The van der Waals surface area contributed by atoms with Crippen molar-refractivity contribution < 1.29 is 30.9 Å². The fourth-order valence-corrected chi connectivity index (χ4v) is 7.64. The number of hydrogen-bond acceptors (Lipinski definition) is 11. The van der Waals surface area contributed by atoms with Crippen LogP contribution in [-0.4, -0.2) is 82.4 Å². The van der Waals surface area contributed by atoms with Crippen molar-refractivity contribution in [2.24, 2.45) is 0 Å². The third-order valence-corrected chi connectivity index (χ3v) is 10.2. The largest absolute Gasteiger partial charge is 0.418 e. The lowest BCUT2D eigenvalue weighted by Gasteiger charge is -2.35. The Hall–Kier alpha value is -3.67. The fraction of sp³-hybridized carbons (Fsp3) is 0.400. The number of rotatable bonds is 8. The zero-order valence-corrected chi connectivity index (χ0v) is 24.4. The molecular formula is C25H27F3N8O4S2. The van der Waals surface area contributed by atoms with Gasteiger partial charge in [-0.3, -0.25) is 15.0 Å².